The fourth-order valence-electron chi connectivity index (χ4n) is 1.53. The van der Waals surface area contributed by atoms with Crippen molar-refractivity contribution in [2.75, 3.05) is 6.54 Å². The molecule has 2 aromatic rings. The highest BCUT2D eigenvalue weighted by molar-refractivity contribution is 5.57. The van der Waals surface area contributed by atoms with Crippen LogP contribution in [0.25, 0.3) is 11.3 Å². The van der Waals surface area contributed by atoms with E-state index in [0.29, 0.717) is 6.54 Å². The van der Waals surface area contributed by atoms with Crippen LogP contribution in [-0.4, -0.2) is 32.7 Å². The molecule has 5 nitrogen and oxygen atoms in total. The summed E-state index contributed by atoms with van der Waals surface area (Å²) in [6, 6.07) is 8.07. The molecule has 3 N–H and O–H groups in total. The molecule has 0 amide bonds. The van der Waals surface area contributed by atoms with Crippen LogP contribution in [0.2, 0.25) is 0 Å². The zero-order valence-electron chi connectivity index (χ0n) is 9.74. The number of aromatic nitrogens is 3. The van der Waals surface area contributed by atoms with Crippen LogP contribution in [0.5, 0.6) is 0 Å². The number of aryl methyl sites for hydroxylation is 1. The molecule has 0 saturated carbocycles. The predicted molar refractivity (Wildman–Crippen MR) is 65.3 cm³/mol. The van der Waals surface area contributed by atoms with Crippen LogP contribution in [0.3, 0.4) is 0 Å². The smallest absolute Gasteiger partial charge is 0.113 e. The number of aliphatic hydroxyl groups is 1. The quantitative estimate of drug-likeness (QED) is 0.808. The number of hydrogen-bond donors (Lipinski definition) is 2. The van der Waals surface area contributed by atoms with Gasteiger partial charge in [0.15, 0.2) is 0 Å². The van der Waals surface area contributed by atoms with Crippen LogP contribution in [0, 0.1) is 6.92 Å². The van der Waals surface area contributed by atoms with Crippen LogP contribution in [0.4, 0.5) is 0 Å². The van der Waals surface area contributed by atoms with E-state index in [0.717, 1.165) is 11.3 Å². The van der Waals surface area contributed by atoms with Crippen molar-refractivity contribution in [2.45, 2.75) is 19.6 Å². The number of aliphatic hydroxyl groups excluding tert-OH is 1. The molecular weight excluding hydrogens is 216 g/mol. The number of nitrogens with two attached hydrogens (primary N) is 1. The Morgan fingerprint density at radius 1 is 1.35 bits per heavy atom. The molecular formula is C12H16N4O. The van der Waals surface area contributed by atoms with Crippen molar-refractivity contribution in [1.29, 1.82) is 0 Å². The first-order valence-electron chi connectivity index (χ1n) is 5.54. The fraction of sp³-hybridized carbons (Fsp3) is 0.333. The van der Waals surface area contributed by atoms with Gasteiger partial charge in [0.2, 0.25) is 0 Å². The highest BCUT2D eigenvalue weighted by Crippen LogP contribution is 2.16. The Labute approximate surface area is 99.9 Å². The lowest BCUT2D eigenvalue weighted by molar-refractivity contribution is 0.156. The Morgan fingerprint density at radius 3 is 2.71 bits per heavy atom. The van der Waals surface area contributed by atoms with Crippen molar-refractivity contribution in [3.63, 3.8) is 0 Å². The minimum atomic E-state index is -0.581. The molecule has 0 bridgehead atoms. The van der Waals surface area contributed by atoms with E-state index >= 15 is 0 Å². The Bertz CT molecular complexity index is 478. The third-order valence-corrected chi connectivity index (χ3v) is 2.56. The van der Waals surface area contributed by atoms with Crippen molar-refractivity contribution < 1.29 is 5.11 Å². The molecule has 0 saturated heterocycles. The van der Waals surface area contributed by atoms with Gasteiger partial charge in [-0.05, 0) is 6.92 Å². The first kappa shape index (κ1) is 11.8. The maximum atomic E-state index is 9.41. The molecule has 0 fully saturated rings. The summed E-state index contributed by atoms with van der Waals surface area (Å²) in [7, 11) is 0. The lowest BCUT2D eigenvalue weighted by Crippen LogP contribution is -2.25. The van der Waals surface area contributed by atoms with Gasteiger partial charge in [-0.3, -0.25) is 0 Å². The summed E-state index contributed by atoms with van der Waals surface area (Å²) in [5, 5.41) is 17.4. The average molecular weight is 232 g/mol. The summed E-state index contributed by atoms with van der Waals surface area (Å²) in [5.41, 5.74) is 8.37. The average Bonchev–Trinajstić information content (AvgIpc) is 2.78. The van der Waals surface area contributed by atoms with E-state index in [1.54, 1.807) is 4.68 Å². The Kier molecular flexibility index (Phi) is 3.51. The number of rotatable bonds is 4. The Balaban J connectivity index is 2.15. The van der Waals surface area contributed by atoms with Crippen molar-refractivity contribution in [3.05, 3.63) is 36.0 Å². The third kappa shape index (κ3) is 2.89. The van der Waals surface area contributed by atoms with E-state index < -0.39 is 6.10 Å². The fourth-order valence-corrected chi connectivity index (χ4v) is 1.53. The minimum absolute atomic E-state index is 0.222. The number of benzene rings is 1. The molecule has 5 heteroatoms. The molecule has 1 heterocycles. The second-order valence-electron chi connectivity index (χ2n) is 4.08. The zero-order valence-corrected chi connectivity index (χ0v) is 9.74. The molecule has 0 aliphatic heterocycles. The molecule has 1 aromatic heterocycles. The van der Waals surface area contributed by atoms with Crippen LogP contribution in [0.1, 0.15) is 5.56 Å². The minimum Gasteiger partial charge on any atom is -0.390 e. The van der Waals surface area contributed by atoms with E-state index in [1.807, 2.05) is 37.4 Å². The highest BCUT2D eigenvalue weighted by atomic mass is 16.3. The molecule has 0 aliphatic carbocycles. The molecule has 1 atom stereocenters. The molecule has 17 heavy (non-hydrogen) atoms. The summed E-state index contributed by atoms with van der Waals surface area (Å²) >= 11 is 0. The van der Waals surface area contributed by atoms with Gasteiger partial charge in [0.05, 0.1) is 18.8 Å². The van der Waals surface area contributed by atoms with Gasteiger partial charge in [-0.2, -0.15) is 0 Å². The van der Waals surface area contributed by atoms with Gasteiger partial charge in [-0.15, -0.1) is 5.10 Å². The van der Waals surface area contributed by atoms with Crippen molar-refractivity contribution >= 4 is 0 Å². The van der Waals surface area contributed by atoms with Crippen LogP contribution in [-0.2, 0) is 6.54 Å². The first-order valence-corrected chi connectivity index (χ1v) is 5.54. The second kappa shape index (κ2) is 5.07. The summed E-state index contributed by atoms with van der Waals surface area (Å²) in [5.74, 6) is 0. The molecule has 0 unspecified atom stereocenters. The molecule has 0 aliphatic rings. The van der Waals surface area contributed by atoms with Gasteiger partial charge in [0.25, 0.3) is 0 Å². The first-order chi connectivity index (χ1) is 8.19. The number of nitrogens with zero attached hydrogens (tertiary/aromatic N) is 3. The van der Waals surface area contributed by atoms with Crippen LogP contribution < -0.4 is 5.73 Å². The summed E-state index contributed by atoms with van der Waals surface area (Å²) in [6.07, 6.45) is 1.23. The molecule has 1 aromatic carbocycles. The molecule has 2 rings (SSSR count). The predicted octanol–water partition coefficient (Wildman–Crippen LogP) is 0.573. The Morgan fingerprint density at radius 2 is 2.06 bits per heavy atom. The Hall–Kier alpha value is -1.72. The largest absolute Gasteiger partial charge is 0.390 e. The van der Waals surface area contributed by atoms with Crippen molar-refractivity contribution in [3.8, 4) is 11.3 Å². The summed E-state index contributed by atoms with van der Waals surface area (Å²) in [4.78, 5) is 0. The van der Waals surface area contributed by atoms with Gasteiger partial charge in [0, 0.05) is 12.1 Å². The van der Waals surface area contributed by atoms with Crippen molar-refractivity contribution in [1.82, 2.24) is 15.0 Å². The highest BCUT2D eigenvalue weighted by Gasteiger charge is 2.06. The maximum absolute atomic E-state index is 9.41. The standard InChI is InChI=1S/C12H16N4O/c1-9-2-4-10(5-3-9)12-8-16(15-14-12)7-11(17)6-13/h2-5,8,11,17H,6-7,13H2,1H3/t11-/m1/s1. The van der Waals surface area contributed by atoms with E-state index in [1.165, 1.54) is 5.56 Å². The maximum Gasteiger partial charge on any atom is 0.113 e. The van der Waals surface area contributed by atoms with Gasteiger partial charge in [0.1, 0.15) is 5.69 Å². The summed E-state index contributed by atoms with van der Waals surface area (Å²) in [6.45, 7) is 2.63. The molecule has 90 valence electrons. The monoisotopic (exact) mass is 232 g/mol. The SMILES string of the molecule is Cc1ccc(-c2cn(C[C@H](O)CN)nn2)cc1. The molecule has 0 spiro atoms. The van der Waals surface area contributed by atoms with Crippen LogP contribution >= 0.6 is 0 Å². The van der Waals surface area contributed by atoms with E-state index in [9.17, 15) is 5.11 Å². The third-order valence-electron chi connectivity index (χ3n) is 2.56. The number of hydrogen-bond acceptors (Lipinski definition) is 4. The van der Waals surface area contributed by atoms with Gasteiger partial charge >= 0.3 is 0 Å². The van der Waals surface area contributed by atoms with E-state index in [4.69, 9.17) is 5.73 Å². The zero-order chi connectivity index (χ0) is 12.3. The molecule has 0 radical (unpaired) electrons. The van der Waals surface area contributed by atoms with Gasteiger partial charge in [-0.25, -0.2) is 4.68 Å². The van der Waals surface area contributed by atoms with Crippen molar-refractivity contribution in [2.24, 2.45) is 5.73 Å². The van der Waals surface area contributed by atoms with Gasteiger partial charge in [-0.1, -0.05) is 35.0 Å². The van der Waals surface area contributed by atoms with E-state index in [2.05, 4.69) is 10.3 Å². The van der Waals surface area contributed by atoms with Crippen LogP contribution in [0.15, 0.2) is 30.5 Å². The van der Waals surface area contributed by atoms with Gasteiger partial charge < -0.3 is 10.8 Å². The lowest BCUT2D eigenvalue weighted by atomic mass is 10.1. The second-order valence-corrected chi connectivity index (χ2v) is 4.08. The summed E-state index contributed by atoms with van der Waals surface area (Å²) < 4.78 is 1.60. The van der Waals surface area contributed by atoms with E-state index in [-0.39, 0.29) is 6.54 Å². The lowest BCUT2D eigenvalue weighted by Gasteiger charge is -2.05. The normalized spacial score (nSPS) is 12.6. The topological polar surface area (TPSA) is 77.0 Å².